The van der Waals surface area contributed by atoms with Crippen molar-refractivity contribution in [3.8, 4) is 10.8 Å². The van der Waals surface area contributed by atoms with Gasteiger partial charge in [-0.25, -0.2) is 0 Å². The molecule has 1 unspecified atom stereocenters. The normalized spacial score (nSPS) is 17.3. The number of hydrogen-bond acceptors (Lipinski definition) is 10. The highest BCUT2D eigenvalue weighted by atomic mass is 35.5. The van der Waals surface area contributed by atoms with E-state index in [1.165, 1.54) is 4.88 Å². The van der Waals surface area contributed by atoms with Crippen LogP contribution in [0.2, 0.25) is 5.02 Å². The van der Waals surface area contributed by atoms with Crippen LogP contribution in [0.15, 0.2) is 71.7 Å². The number of aliphatic hydroxyl groups is 1. The van der Waals surface area contributed by atoms with E-state index in [2.05, 4.69) is 40.0 Å². The van der Waals surface area contributed by atoms with Gasteiger partial charge in [-0.15, -0.1) is 21.5 Å². The Hall–Kier alpha value is -5.57. The molecule has 3 atom stereocenters. The number of carbonyl (C=O) groups is 3. The molecule has 5 aromatic rings. The van der Waals surface area contributed by atoms with Gasteiger partial charge in [-0.1, -0.05) is 67.9 Å². The van der Waals surface area contributed by atoms with Crippen molar-refractivity contribution < 1.29 is 24.2 Å². The molecule has 0 saturated heterocycles. The Morgan fingerprint density at radius 3 is 2.46 bits per heavy atom. The SMILES string of the molecule is Cc1sc2c(c1C)C(c1ccc(Cl)cc1)=N[C@@H](CC(=O)NCCCC(=O)NCc1ccc(COc3ccc4c(c3)N(C)[C@@H](C(C)C)C(=O)NC(CO)C4)cc1)c1nnc(C)n1-2. The minimum Gasteiger partial charge on any atom is -0.489 e. The van der Waals surface area contributed by atoms with Crippen LogP contribution in [0, 0.1) is 26.7 Å². The van der Waals surface area contributed by atoms with Crippen molar-refractivity contribution in [1.29, 1.82) is 0 Å². The van der Waals surface area contributed by atoms with Gasteiger partial charge in [0.2, 0.25) is 17.7 Å². The van der Waals surface area contributed by atoms with Crippen LogP contribution in [-0.4, -0.2) is 75.6 Å². The summed E-state index contributed by atoms with van der Waals surface area (Å²) in [5.41, 5.74) is 7.69. The molecule has 0 saturated carbocycles. The molecule has 2 aliphatic heterocycles. The lowest BCUT2D eigenvalue weighted by Crippen LogP contribution is -2.54. The molecule has 0 fully saturated rings. The van der Waals surface area contributed by atoms with E-state index in [0.29, 0.717) is 49.1 Å². The maximum absolute atomic E-state index is 13.3. The van der Waals surface area contributed by atoms with Crippen molar-refractivity contribution in [3.05, 3.63) is 122 Å². The summed E-state index contributed by atoms with van der Waals surface area (Å²) in [7, 11) is 1.92. The third-order valence-corrected chi connectivity index (χ3v) is 12.8. The zero-order valence-corrected chi connectivity index (χ0v) is 37.0. The monoisotopic (exact) mass is 864 g/mol. The Bertz CT molecular complexity index is 2430. The van der Waals surface area contributed by atoms with Crippen LogP contribution in [0.3, 0.4) is 0 Å². The summed E-state index contributed by atoms with van der Waals surface area (Å²) in [5, 5.41) is 29.3. The van der Waals surface area contributed by atoms with Gasteiger partial charge in [0.25, 0.3) is 0 Å². The molecule has 3 amide bonds. The number of likely N-dealkylation sites (N-methyl/N-ethyl adjacent to an activating group) is 1. The number of aromatic nitrogens is 3. The fourth-order valence-corrected chi connectivity index (χ4v) is 9.33. The first-order chi connectivity index (χ1) is 29.3. The van der Waals surface area contributed by atoms with E-state index in [1.807, 2.05) is 104 Å². The number of hydrogen-bond donors (Lipinski definition) is 4. The van der Waals surface area contributed by atoms with Crippen molar-refractivity contribution in [1.82, 2.24) is 30.7 Å². The second kappa shape index (κ2) is 19.0. The molecule has 13 nitrogen and oxygen atoms in total. The second-order valence-electron chi connectivity index (χ2n) is 16.1. The molecule has 0 bridgehead atoms. The highest BCUT2D eigenvalue weighted by Crippen LogP contribution is 2.40. The summed E-state index contributed by atoms with van der Waals surface area (Å²) in [6.07, 6.45) is 1.34. The minimum absolute atomic E-state index is 0.0610. The number of anilines is 1. The summed E-state index contributed by atoms with van der Waals surface area (Å²) in [6, 6.07) is 20.0. The zero-order chi connectivity index (χ0) is 43.4. The lowest BCUT2D eigenvalue weighted by atomic mass is 9.95. The fourth-order valence-electron chi connectivity index (χ4n) is 7.99. The van der Waals surface area contributed by atoms with Gasteiger partial charge >= 0.3 is 0 Å². The number of amides is 3. The van der Waals surface area contributed by atoms with Crippen LogP contribution < -0.4 is 25.6 Å². The predicted molar refractivity (Wildman–Crippen MR) is 239 cm³/mol. The average molecular weight is 866 g/mol. The van der Waals surface area contributed by atoms with E-state index < -0.39 is 6.04 Å². The standard InChI is InChI=1S/C46H53ClN8O5S/c1-26(2)43-45(59)50-35(24-56)20-33-15-18-36(21-38(33)54(43)6)60-25-31-11-9-30(10-12-31)23-49-39(57)8-7-19-48-40(58)22-37-44-53-52-29(5)55(44)46-41(27(3)28(4)61-46)42(51-37)32-13-16-34(47)17-14-32/h9-18,21,26,35,37,43,56H,7-8,19-20,22-25H2,1-6H3,(H,48,58)(H,49,57)(H,50,59)/t35?,37-,43-/m0/s1. The number of fused-ring (bicyclic) bond motifs is 4. The average Bonchev–Trinajstić information content (AvgIpc) is 3.72. The second-order valence-corrected chi connectivity index (χ2v) is 17.8. The molecule has 0 spiro atoms. The van der Waals surface area contributed by atoms with Crippen LogP contribution in [0.5, 0.6) is 5.75 Å². The van der Waals surface area contributed by atoms with Gasteiger partial charge in [0.15, 0.2) is 5.82 Å². The lowest BCUT2D eigenvalue weighted by Gasteiger charge is -2.37. The Morgan fingerprint density at radius 1 is 1.00 bits per heavy atom. The quantitative estimate of drug-likeness (QED) is 0.0924. The highest BCUT2D eigenvalue weighted by Gasteiger charge is 2.34. The number of aryl methyl sites for hydroxylation is 2. The summed E-state index contributed by atoms with van der Waals surface area (Å²) in [5.74, 6) is 1.70. The largest absolute Gasteiger partial charge is 0.489 e. The molecule has 15 heteroatoms. The number of rotatable bonds is 14. The van der Waals surface area contributed by atoms with Gasteiger partial charge in [-0.05, 0) is 80.0 Å². The fraction of sp³-hybridized carbons (Fsp3) is 0.391. The van der Waals surface area contributed by atoms with Crippen molar-refractivity contribution in [2.75, 3.05) is 25.1 Å². The highest BCUT2D eigenvalue weighted by molar-refractivity contribution is 7.15. The molecule has 0 radical (unpaired) electrons. The van der Waals surface area contributed by atoms with E-state index in [0.717, 1.165) is 55.6 Å². The van der Waals surface area contributed by atoms with Crippen molar-refractivity contribution >= 4 is 52.1 Å². The van der Waals surface area contributed by atoms with E-state index >= 15 is 0 Å². The molecule has 3 aromatic carbocycles. The van der Waals surface area contributed by atoms with Crippen molar-refractivity contribution in [2.24, 2.45) is 10.9 Å². The van der Waals surface area contributed by atoms with E-state index in [9.17, 15) is 19.5 Å². The number of carbonyl (C=O) groups excluding carboxylic acids is 3. The Labute approximate surface area is 365 Å². The van der Waals surface area contributed by atoms with Crippen LogP contribution >= 0.6 is 22.9 Å². The van der Waals surface area contributed by atoms with Gasteiger partial charge in [-0.3, -0.25) is 23.9 Å². The third kappa shape index (κ3) is 9.82. The molecular formula is C46H53ClN8O5S. The zero-order valence-electron chi connectivity index (χ0n) is 35.4. The third-order valence-electron chi connectivity index (χ3n) is 11.3. The maximum Gasteiger partial charge on any atom is 0.243 e. The number of ether oxygens (including phenoxy) is 1. The van der Waals surface area contributed by atoms with Crippen molar-refractivity contribution in [2.45, 2.75) is 91.6 Å². The summed E-state index contributed by atoms with van der Waals surface area (Å²) < 4.78 is 8.20. The smallest absolute Gasteiger partial charge is 0.243 e. The number of nitrogens with zero attached hydrogens (tertiary/aromatic N) is 5. The Balaban J connectivity index is 0.889. The number of halogens is 1. The van der Waals surface area contributed by atoms with Gasteiger partial charge in [-0.2, -0.15) is 0 Å². The van der Waals surface area contributed by atoms with Gasteiger partial charge in [0.05, 0.1) is 24.8 Å². The summed E-state index contributed by atoms with van der Waals surface area (Å²) in [4.78, 5) is 47.5. The first-order valence-electron chi connectivity index (χ1n) is 20.7. The molecular weight excluding hydrogens is 812 g/mol. The van der Waals surface area contributed by atoms with Gasteiger partial charge in [0, 0.05) is 59.3 Å². The number of aliphatic imine (C=N–C) groups is 1. The van der Waals surface area contributed by atoms with E-state index in [4.69, 9.17) is 21.3 Å². The molecule has 7 rings (SSSR count). The molecule has 61 heavy (non-hydrogen) atoms. The summed E-state index contributed by atoms with van der Waals surface area (Å²) in [6.45, 7) is 11.1. The molecule has 4 heterocycles. The van der Waals surface area contributed by atoms with Gasteiger partial charge in [0.1, 0.15) is 35.3 Å². The van der Waals surface area contributed by atoms with E-state index in [-0.39, 0.29) is 55.2 Å². The predicted octanol–water partition coefficient (Wildman–Crippen LogP) is 6.48. The number of thiophene rings is 1. The molecule has 4 N–H and O–H groups in total. The van der Waals surface area contributed by atoms with Crippen LogP contribution in [0.1, 0.15) is 89.1 Å². The molecule has 320 valence electrons. The number of aliphatic hydroxyl groups excluding tert-OH is 1. The Kier molecular flexibility index (Phi) is 13.6. The first-order valence-corrected chi connectivity index (χ1v) is 21.9. The molecule has 0 aliphatic carbocycles. The molecule has 2 aromatic heterocycles. The van der Waals surface area contributed by atoms with Gasteiger partial charge < -0.3 is 30.7 Å². The van der Waals surface area contributed by atoms with E-state index in [1.54, 1.807) is 11.3 Å². The minimum atomic E-state index is -0.572. The topological polar surface area (TPSA) is 163 Å². The Morgan fingerprint density at radius 2 is 1.74 bits per heavy atom. The number of nitrogens with one attached hydrogen (secondary N) is 3. The summed E-state index contributed by atoms with van der Waals surface area (Å²) >= 11 is 7.89. The van der Waals surface area contributed by atoms with Crippen molar-refractivity contribution in [3.63, 3.8) is 0 Å². The first kappa shape index (κ1) is 43.5. The van der Waals surface area contributed by atoms with Crippen LogP contribution in [-0.2, 0) is 34.0 Å². The van der Waals surface area contributed by atoms with Crippen LogP contribution in [0.4, 0.5) is 5.69 Å². The lowest BCUT2D eigenvalue weighted by molar-refractivity contribution is -0.124. The van der Waals surface area contributed by atoms with Crippen LogP contribution in [0.25, 0.3) is 5.00 Å². The maximum atomic E-state index is 13.3. The number of benzene rings is 3. The molecule has 2 aliphatic rings.